The Morgan fingerprint density at radius 1 is 1.67 bits per heavy atom. The van der Waals surface area contributed by atoms with Gasteiger partial charge in [0.25, 0.3) is 0 Å². The Labute approximate surface area is 58.6 Å². The van der Waals surface area contributed by atoms with E-state index in [-0.39, 0.29) is 0 Å². The molecule has 0 fully saturated rings. The molecule has 3 heteroatoms. The third-order valence-electron chi connectivity index (χ3n) is 1.49. The molecule has 0 saturated heterocycles. The first-order valence-electron chi connectivity index (χ1n) is 3.06. The topological polar surface area (TPSA) is 15.6 Å². The lowest BCUT2D eigenvalue weighted by Gasteiger charge is -2.23. The van der Waals surface area contributed by atoms with E-state index in [0.717, 1.165) is 13.0 Å². The van der Waals surface area contributed by atoms with Crippen molar-refractivity contribution in [2.45, 2.75) is 11.9 Å². The summed E-state index contributed by atoms with van der Waals surface area (Å²) in [6.45, 7) is 1.14. The van der Waals surface area contributed by atoms with Crippen LogP contribution in [0, 0.1) is 0 Å². The summed E-state index contributed by atoms with van der Waals surface area (Å²) in [6, 6.07) is 0. The quantitative estimate of drug-likeness (QED) is 0.503. The predicted octanol–water partition coefficient (Wildman–Crippen LogP) is 1.26. The minimum absolute atomic E-state index is 0.374. The molecule has 2 aliphatic rings. The second-order valence-electron chi connectivity index (χ2n) is 2.11. The number of rotatable bonds is 0. The van der Waals surface area contributed by atoms with Crippen LogP contribution in [0.3, 0.4) is 0 Å². The molecule has 0 radical (unpaired) electrons. The lowest BCUT2D eigenvalue weighted by Crippen LogP contribution is -2.27. The van der Waals surface area contributed by atoms with E-state index < -0.39 is 0 Å². The maximum atomic E-state index is 4.29. The molecule has 0 amide bonds. The summed E-state index contributed by atoms with van der Waals surface area (Å²) in [7, 11) is 0. The molecule has 2 heterocycles. The van der Waals surface area contributed by atoms with Gasteiger partial charge in [-0.15, -0.1) is 0 Å². The van der Waals surface area contributed by atoms with Crippen molar-refractivity contribution in [1.29, 1.82) is 0 Å². The van der Waals surface area contributed by atoms with Gasteiger partial charge in [-0.05, 0) is 5.41 Å². The molecule has 0 aromatic rings. The zero-order valence-corrected chi connectivity index (χ0v) is 5.84. The van der Waals surface area contributed by atoms with Crippen LogP contribution < -0.4 is 0 Å². The monoisotopic (exact) mass is 140 g/mol. The highest BCUT2D eigenvalue weighted by molar-refractivity contribution is 8.02. The van der Waals surface area contributed by atoms with Gasteiger partial charge >= 0.3 is 0 Å². The molecule has 0 aromatic carbocycles. The third-order valence-corrected chi connectivity index (χ3v) is 2.40. The number of aliphatic imine (C=N–C) groups is 1. The molecule has 0 bridgehead atoms. The largest absolute Gasteiger partial charge is 0.347 e. The molecule has 1 unspecified atom stereocenters. The maximum absolute atomic E-state index is 4.29. The molecule has 0 aromatic heterocycles. The van der Waals surface area contributed by atoms with E-state index in [2.05, 4.69) is 21.5 Å². The molecule has 2 rings (SSSR count). The summed E-state index contributed by atoms with van der Waals surface area (Å²) in [5.74, 6) is 0. The van der Waals surface area contributed by atoms with Crippen molar-refractivity contribution in [2.24, 2.45) is 4.99 Å². The van der Waals surface area contributed by atoms with Gasteiger partial charge in [0.05, 0.1) is 0 Å². The zero-order chi connectivity index (χ0) is 6.10. The molecule has 0 N–H and O–H groups in total. The van der Waals surface area contributed by atoms with Crippen LogP contribution in [0.5, 0.6) is 0 Å². The van der Waals surface area contributed by atoms with Crippen LogP contribution >= 0.6 is 11.8 Å². The summed E-state index contributed by atoms with van der Waals surface area (Å²) < 4.78 is 0. The first kappa shape index (κ1) is 5.35. The Morgan fingerprint density at radius 3 is 3.56 bits per heavy atom. The molecule has 9 heavy (non-hydrogen) atoms. The second-order valence-corrected chi connectivity index (χ2v) is 3.07. The van der Waals surface area contributed by atoms with Gasteiger partial charge in [-0.25, -0.2) is 0 Å². The van der Waals surface area contributed by atoms with E-state index >= 15 is 0 Å². The van der Waals surface area contributed by atoms with Gasteiger partial charge in [-0.3, -0.25) is 4.99 Å². The van der Waals surface area contributed by atoms with E-state index in [1.165, 1.54) is 0 Å². The number of fused-ring (bicyclic) bond motifs is 1. The normalized spacial score (nSPS) is 31.1. The van der Waals surface area contributed by atoms with E-state index in [4.69, 9.17) is 0 Å². The van der Waals surface area contributed by atoms with Crippen LogP contribution in [0.15, 0.2) is 16.6 Å². The highest BCUT2D eigenvalue weighted by Crippen LogP contribution is 2.27. The Morgan fingerprint density at radius 2 is 2.67 bits per heavy atom. The number of thioether (sulfide) groups is 1. The van der Waals surface area contributed by atoms with Crippen molar-refractivity contribution in [1.82, 2.24) is 4.90 Å². The average Bonchev–Trinajstić information content (AvgIpc) is 2.33. The molecular weight excluding hydrogens is 132 g/mol. The van der Waals surface area contributed by atoms with Crippen LogP contribution in [-0.2, 0) is 0 Å². The Kier molecular flexibility index (Phi) is 1.23. The lowest BCUT2D eigenvalue weighted by atomic mass is 10.4. The molecule has 0 spiro atoms. The van der Waals surface area contributed by atoms with E-state index in [1.807, 2.05) is 6.21 Å². The van der Waals surface area contributed by atoms with Crippen molar-refractivity contribution in [3.8, 4) is 0 Å². The highest BCUT2D eigenvalue weighted by atomic mass is 32.2. The van der Waals surface area contributed by atoms with Crippen molar-refractivity contribution in [3.05, 3.63) is 11.6 Å². The molecular formula is C6H8N2S. The van der Waals surface area contributed by atoms with Gasteiger partial charge in [0.1, 0.15) is 0 Å². The van der Waals surface area contributed by atoms with Crippen LogP contribution in [0.2, 0.25) is 0 Å². The number of hydrogen-bond donors (Lipinski definition) is 0. The average molecular weight is 140 g/mol. The zero-order valence-electron chi connectivity index (χ0n) is 5.03. The fourth-order valence-electron chi connectivity index (χ4n) is 1.01. The Bertz CT molecular complexity index is 164. The molecule has 1 atom stereocenters. The molecule has 48 valence electrons. The van der Waals surface area contributed by atoms with Gasteiger partial charge in [0, 0.05) is 25.4 Å². The van der Waals surface area contributed by atoms with E-state index in [1.54, 1.807) is 11.8 Å². The third kappa shape index (κ3) is 0.852. The van der Waals surface area contributed by atoms with Gasteiger partial charge in [-0.1, -0.05) is 11.8 Å². The van der Waals surface area contributed by atoms with Crippen LogP contribution in [-0.4, -0.2) is 23.2 Å². The highest BCUT2D eigenvalue weighted by Gasteiger charge is 2.19. The second kappa shape index (κ2) is 2.06. The van der Waals surface area contributed by atoms with Crippen molar-refractivity contribution in [3.63, 3.8) is 0 Å². The number of nitrogens with zero attached hydrogens (tertiary/aromatic N) is 2. The Hall–Kier alpha value is -0.440. The van der Waals surface area contributed by atoms with Crippen LogP contribution in [0.1, 0.15) is 6.42 Å². The summed E-state index contributed by atoms with van der Waals surface area (Å²) in [4.78, 5) is 6.55. The summed E-state index contributed by atoms with van der Waals surface area (Å²) in [5, 5.41) is 2.10. The van der Waals surface area contributed by atoms with Crippen molar-refractivity contribution in [2.75, 3.05) is 6.54 Å². The SMILES string of the molecule is C1=CN2CCC=NC2S1. The molecule has 2 aliphatic heterocycles. The predicted molar refractivity (Wildman–Crippen MR) is 40.3 cm³/mol. The summed E-state index contributed by atoms with van der Waals surface area (Å²) >= 11 is 1.77. The van der Waals surface area contributed by atoms with Crippen molar-refractivity contribution >= 4 is 18.0 Å². The Balaban J connectivity index is 2.16. The fraction of sp³-hybridized carbons (Fsp3) is 0.500. The standard InChI is InChI=1S/C6H8N2S/c1-2-7-6-8(3-1)4-5-9-6/h2,4-6H,1,3H2. The fourth-order valence-corrected chi connectivity index (χ4v) is 1.87. The van der Waals surface area contributed by atoms with Gasteiger partial charge in [0.15, 0.2) is 5.50 Å². The van der Waals surface area contributed by atoms with E-state index in [9.17, 15) is 0 Å². The molecule has 0 aliphatic carbocycles. The summed E-state index contributed by atoms with van der Waals surface area (Å²) in [5.41, 5.74) is 0.374. The van der Waals surface area contributed by atoms with Gasteiger partial charge in [0.2, 0.25) is 0 Å². The summed E-state index contributed by atoms with van der Waals surface area (Å²) in [6.07, 6.45) is 5.23. The van der Waals surface area contributed by atoms with E-state index in [0.29, 0.717) is 5.50 Å². The van der Waals surface area contributed by atoms with Gasteiger partial charge < -0.3 is 4.90 Å². The minimum atomic E-state index is 0.374. The number of hydrogen-bond acceptors (Lipinski definition) is 3. The maximum Gasteiger partial charge on any atom is 0.172 e. The van der Waals surface area contributed by atoms with Crippen LogP contribution in [0.4, 0.5) is 0 Å². The smallest absolute Gasteiger partial charge is 0.172 e. The van der Waals surface area contributed by atoms with Crippen molar-refractivity contribution < 1.29 is 0 Å². The van der Waals surface area contributed by atoms with Gasteiger partial charge in [-0.2, -0.15) is 0 Å². The minimum Gasteiger partial charge on any atom is -0.347 e. The first-order chi connectivity index (χ1) is 4.47. The molecule has 0 saturated carbocycles. The lowest BCUT2D eigenvalue weighted by molar-refractivity contribution is 0.368. The first-order valence-corrected chi connectivity index (χ1v) is 4.00. The molecule has 2 nitrogen and oxygen atoms in total. The van der Waals surface area contributed by atoms with Crippen LogP contribution in [0.25, 0.3) is 0 Å².